The summed E-state index contributed by atoms with van der Waals surface area (Å²) in [6, 6.07) is 10.7. The molecule has 1 aromatic heterocycles. The van der Waals surface area contributed by atoms with Gasteiger partial charge in [0.2, 0.25) is 0 Å². The van der Waals surface area contributed by atoms with Gasteiger partial charge in [0.15, 0.2) is 16.6 Å². The van der Waals surface area contributed by atoms with Crippen molar-refractivity contribution in [3.63, 3.8) is 0 Å². The number of aliphatic hydroxyl groups excluding tert-OH is 1. The normalized spacial score (nSPS) is 15.7. The number of anilines is 1. The number of carbonyl (C=O) groups is 3. The van der Waals surface area contributed by atoms with Crippen LogP contribution in [0.5, 0.6) is 17.2 Å². The highest BCUT2D eigenvalue weighted by molar-refractivity contribution is 7.17. The van der Waals surface area contributed by atoms with Crippen LogP contribution in [0.3, 0.4) is 0 Å². The van der Waals surface area contributed by atoms with Gasteiger partial charge in [0.25, 0.3) is 5.78 Å². The van der Waals surface area contributed by atoms with E-state index in [2.05, 4.69) is 32.3 Å². The summed E-state index contributed by atoms with van der Waals surface area (Å²) in [4.78, 5) is 46.0. The van der Waals surface area contributed by atoms with Gasteiger partial charge in [0, 0.05) is 5.56 Å². The molecular formula is C35H40N2O8S. The van der Waals surface area contributed by atoms with Crippen LogP contribution in [0.15, 0.2) is 60.7 Å². The largest absolute Gasteiger partial charge is 0.507 e. The Morgan fingerprint density at radius 3 is 2.50 bits per heavy atom. The number of thiazole rings is 1. The van der Waals surface area contributed by atoms with Gasteiger partial charge in [0.1, 0.15) is 23.0 Å². The molecule has 10 nitrogen and oxygen atoms in total. The third-order valence-electron chi connectivity index (χ3n) is 7.30. The molecule has 0 radical (unpaired) electrons. The summed E-state index contributed by atoms with van der Waals surface area (Å²) < 4.78 is 22.5. The molecule has 1 saturated heterocycles. The van der Waals surface area contributed by atoms with Crippen molar-refractivity contribution in [2.24, 2.45) is 5.92 Å². The third kappa shape index (κ3) is 7.59. The van der Waals surface area contributed by atoms with Crippen LogP contribution in [-0.4, -0.2) is 54.7 Å². The Kier molecular flexibility index (Phi) is 11.6. The van der Waals surface area contributed by atoms with E-state index in [9.17, 15) is 19.5 Å². The minimum Gasteiger partial charge on any atom is -0.507 e. The van der Waals surface area contributed by atoms with E-state index in [-0.39, 0.29) is 27.9 Å². The average molecular weight is 649 g/mol. The molecule has 4 rings (SSSR count). The number of methoxy groups -OCH3 is 1. The fourth-order valence-electron chi connectivity index (χ4n) is 4.80. The maximum atomic E-state index is 13.7. The summed E-state index contributed by atoms with van der Waals surface area (Å²) in [5.74, 6) is -0.824. The lowest BCUT2D eigenvalue weighted by Crippen LogP contribution is -2.29. The van der Waals surface area contributed by atoms with Crippen LogP contribution >= 0.6 is 11.3 Å². The van der Waals surface area contributed by atoms with Gasteiger partial charge in [-0.1, -0.05) is 57.3 Å². The number of aromatic nitrogens is 1. The van der Waals surface area contributed by atoms with Crippen LogP contribution < -0.4 is 19.1 Å². The summed E-state index contributed by atoms with van der Waals surface area (Å²) in [7, 11) is 1.50. The van der Waals surface area contributed by atoms with Gasteiger partial charge in [-0.05, 0) is 67.6 Å². The fraction of sp³-hybridized carbons (Fsp3) is 0.371. The smallest absolute Gasteiger partial charge is 0.350 e. The molecule has 1 aliphatic rings. The third-order valence-corrected chi connectivity index (χ3v) is 8.44. The molecule has 1 aliphatic heterocycles. The van der Waals surface area contributed by atoms with Crippen LogP contribution in [0.1, 0.15) is 72.6 Å². The van der Waals surface area contributed by atoms with Crippen LogP contribution in [0.4, 0.5) is 5.13 Å². The average Bonchev–Trinajstić information content (AvgIpc) is 3.55. The van der Waals surface area contributed by atoms with Crippen molar-refractivity contribution in [1.29, 1.82) is 0 Å². The summed E-state index contributed by atoms with van der Waals surface area (Å²) in [6.45, 7) is 12.5. The van der Waals surface area contributed by atoms with Gasteiger partial charge >= 0.3 is 11.9 Å². The number of aryl methyl sites for hydroxylation is 1. The Hall–Kier alpha value is -4.64. The Bertz CT molecular complexity index is 1610. The number of ether oxygens (including phenoxy) is 4. The second-order valence-electron chi connectivity index (χ2n) is 11.1. The van der Waals surface area contributed by atoms with E-state index in [0.717, 1.165) is 30.6 Å². The zero-order valence-corrected chi connectivity index (χ0v) is 27.6. The molecule has 3 aromatic rings. The predicted octanol–water partition coefficient (Wildman–Crippen LogP) is 7.03. The number of rotatable bonds is 15. The molecule has 0 spiro atoms. The summed E-state index contributed by atoms with van der Waals surface area (Å²) in [6.07, 6.45) is 4.18. The predicted molar refractivity (Wildman–Crippen MR) is 177 cm³/mol. The van der Waals surface area contributed by atoms with E-state index in [4.69, 9.17) is 18.9 Å². The molecule has 0 bridgehead atoms. The zero-order chi connectivity index (χ0) is 33.4. The first-order valence-electron chi connectivity index (χ1n) is 15.2. The minimum absolute atomic E-state index is 0.00381. The number of benzene rings is 2. The number of hydrogen-bond acceptors (Lipinski definition) is 10. The highest BCUT2D eigenvalue weighted by Gasteiger charge is 2.48. The zero-order valence-electron chi connectivity index (χ0n) is 26.8. The highest BCUT2D eigenvalue weighted by Crippen LogP contribution is 2.45. The molecule has 1 atom stereocenters. The van der Waals surface area contributed by atoms with E-state index in [1.807, 2.05) is 0 Å². The fourth-order valence-corrected chi connectivity index (χ4v) is 5.78. The number of aliphatic hydroxyl groups is 1. The second kappa shape index (κ2) is 15.6. The maximum Gasteiger partial charge on any atom is 0.350 e. The van der Waals surface area contributed by atoms with Crippen molar-refractivity contribution in [1.82, 2.24) is 4.98 Å². The number of unbranched alkanes of at least 4 members (excludes halogenated alkanes) is 1. The molecular weight excluding hydrogens is 608 g/mol. The molecule has 2 heterocycles. The molecule has 0 aliphatic carbocycles. The SMILES string of the molecule is C=CCOC(=O)c1sc(N2C(=O)C(=O)C(=C(O)c3ccc(OCCCC)cc3)C2c2ccc(OCCC(C)C)c(OC)c2)nc1C. The van der Waals surface area contributed by atoms with E-state index in [1.54, 1.807) is 49.4 Å². The molecule has 244 valence electrons. The van der Waals surface area contributed by atoms with Crippen LogP contribution in [0.25, 0.3) is 5.76 Å². The van der Waals surface area contributed by atoms with Crippen molar-refractivity contribution in [3.8, 4) is 17.2 Å². The number of nitrogens with zero attached hydrogens (tertiary/aromatic N) is 2. The van der Waals surface area contributed by atoms with Gasteiger partial charge in [-0.3, -0.25) is 14.5 Å². The minimum atomic E-state index is -1.10. The molecule has 1 unspecified atom stereocenters. The van der Waals surface area contributed by atoms with Crippen molar-refractivity contribution in [3.05, 3.63) is 82.4 Å². The summed E-state index contributed by atoms with van der Waals surface area (Å²) >= 11 is 0.924. The molecule has 11 heteroatoms. The molecule has 1 N–H and O–H groups in total. The first-order valence-corrected chi connectivity index (χ1v) is 16.0. The van der Waals surface area contributed by atoms with E-state index in [0.29, 0.717) is 53.2 Å². The topological polar surface area (TPSA) is 124 Å². The lowest BCUT2D eigenvalue weighted by Gasteiger charge is -2.24. The first-order chi connectivity index (χ1) is 22.1. The van der Waals surface area contributed by atoms with Gasteiger partial charge in [-0.25, -0.2) is 9.78 Å². The van der Waals surface area contributed by atoms with Crippen LogP contribution in [-0.2, 0) is 14.3 Å². The van der Waals surface area contributed by atoms with Crippen LogP contribution in [0.2, 0.25) is 0 Å². The number of esters is 1. The molecule has 1 fully saturated rings. The molecule has 1 amide bonds. The second-order valence-corrected chi connectivity index (χ2v) is 12.1. The number of Topliss-reactive ketones (excluding diaryl/α,β-unsaturated/α-hetero) is 1. The van der Waals surface area contributed by atoms with Gasteiger partial charge in [-0.15, -0.1) is 0 Å². The lowest BCUT2D eigenvalue weighted by molar-refractivity contribution is -0.132. The quantitative estimate of drug-likeness (QED) is 0.0462. The van der Waals surface area contributed by atoms with E-state index >= 15 is 0 Å². The Labute approximate surface area is 273 Å². The molecule has 46 heavy (non-hydrogen) atoms. The Balaban J connectivity index is 1.82. The van der Waals surface area contributed by atoms with Crippen molar-refractivity contribution >= 4 is 39.9 Å². The monoisotopic (exact) mass is 648 g/mol. The van der Waals surface area contributed by atoms with Gasteiger partial charge in [-0.2, -0.15) is 0 Å². The molecule has 0 saturated carbocycles. The van der Waals surface area contributed by atoms with E-state index in [1.165, 1.54) is 18.1 Å². The Morgan fingerprint density at radius 1 is 1.11 bits per heavy atom. The standard InChI is InChI=1S/C35H40N2O8S/c1-7-9-18-43-25-13-10-23(11-14-25)30(38)28-29(24-12-15-26(27(20-24)42-6)44-19-16-21(3)4)37(33(40)31(28)39)35-36-22(5)32(46-35)34(41)45-17-8-2/h8,10-15,20-21,29,38H,2,7,9,16-19H2,1,3-6H3. The number of hydrogen-bond donors (Lipinski definition) is 1. The van der Waals surface area contributed by atoms with Crippen LogP contribution in [0, 0.1) is 12.8 Å². The number of amides is 1. The highest BCUT2D eigenvalue weighted by atomic mass is 32.1. The van der Waals surface area contributed by atoms with Crippen molar-refractivity contribution in [2.45, 2.75) is 53.0 Å². The van der Waals surface area contributed by atoms with Crippen molar-refractivity contribution in [2.75, 3.05) is 31.8 Å². The summed E-state index contributed by atoms with van der Waals surface area (Å²) in [5.41, 5.74) is 0.996. The Morgan fingerprint density at radius 2 is 1.85 bits per heavy atom. The summed E-state index contributed by atoms with van der Waals surface area (Å²) in [5, 5.41) is 11.7. The van der Waals surface area contributed by atoms with Crippen molar-refractivity contribution < 1.29 is 38.4 Å². The van der Waals surface area contributed by atoms with Gasteiger partial charge in [0.05, 0.1) is 37.6 Å². The number of ketones is 1. The van der Waals surface area contributed by atoms with E-state index < -0.39 is 23.7 Å². The first kappa shape index (κ1) is 34.2. The lowest BCUT2D eigenvalue weighted by atomic mass is 9.95. The van der Waals surface area contributed by atoms with Gasteiger partial charge < -0.3 is 24.1 Å². The number of carbonyl (C=O) groups excluding carboxylic acids is 3. The molecule has 2 aromatic carbocycles. The maximum absolute atomic E-state index is 13.7.